The van der Waals surface area contributed by atoms with Crippen LogP contribution in [0.2, 0.25) is 0 Å². The van der Waals surface area contributed by atoms with E-state index in [1.807, 2.05) is 0 Å². The molecule has 0 unspecified atom stereocenters. The van der Waals surface area contributed by atoms with Crippen LogP contribution in [0.5, 0.6) is 0 Å². The second kappa shape index (κ2) is 4.96. The number of benzene rings is 2. The first-order valence-electron chi connectivity index (χ1n) is 6.27. The number of esters is 1. The van der Waals surface area contributed by atoms with Gasteiger partial charge in [0, 0.05) is 0 Å². The molecule has 0 saturated heterocycles. The summed E-state index contributed by atoms with van der Waals surface area (Å²) in [4.78, 5) is 22.9. The van der Waals surface area contributed by atoms with Gasteiger partial charge in [0.1, 0.15) is 5.60 Å². The van der Waals surface area contributed by atoms with Gasteiger partial charge in [0.25, 0.3) is 0 Å². The van der Waals surface area contributed by atoms with E-state index in [1.165, 1.54) is 6.07 Å². The Hall–Kier alpha value is -2.36. The molecule has 0 fully saturated rings. The minimum Gasteiger partial charge on any atom is -0.478 e. The second-order valence-electron chi connectivity index (χ2n) is 5.58. The van der Waals surface area contributed by atoms with E-state index in [9.17, 15) is 9.59 Å². The fourth-order valence-corrected chi connectivity index (χ4v) is 1.84. The predicted molar refractivity (Wildman–Crippen MR) is 76.1 cm³/mol. The summed E-state index contributed by atoms with van der Waals surface area (Å²) < 4.78 is 5.30. The summed E-state index contributed by atoms with van der Waals surface area (Å²) in [6, 6.07) is 9.91. The van der Waals surface area contributed by atoms with Gasteiger partial charge < -0.3 is 9.84 Å². The molecule has 2 aromatic rings. The molecule has 0 heterocycles. The molecule has 2 rings (SSSR count). The average molecular weight is 272 g/mol. The summed E-state index contributed by atoms with van der Waals surface area (Å²) in [7, 11) is 0. The van der Waals surface area contributed by atoms with Gasteiger partial charge in [-0.2, -0.15) is 0 Å². The van der Waals surface area contributed by atoms with E-state index < -0.39 is 17.5 Å². The normalized spacial score (nSPS) is 11.3. The highest BCUT2D eigenvalue weighted by Crippen LogP contribution is 2.20. The molecule has 1 N–H and O–H groups in total. The van der Waals surface area contributed by atoms with Crippen molar-refractivity contribution in [3.63, 3.8) is 0 Å². The standard InChI is InChI=1S/C16H16O4/c1-16(2,3)20-15(19)12-7-5-10-4-6-11(14(17)18)8-13(10)9-12/h4-9H,1-3H3,(H,17,18). The van der Waals surface area contributed by atoms with Crippen LogP contribution in [0.3, 0.4) is 0 Å². The van der Waals surface area contributed by atoms with Crippen LogP contribution in [-0.4, -0.2) is 22.6 Å². The molecule has 4 nitrogen and oxygen atoms in total. The van der Waals surface area contributed by atoms with Crippen LogP contribution in [-0.2, 0) is 4.74 Å². The maximum Gasteiger partial charge on any atom is 0.338 e. The summed E-state index contributed by atoms with van der Waals surface area (Å²) in [5.74, 6) is -1.41. The highest BCUT2D eigenvalue weighted by molar-refractivity contribution is 5.98. The third-order valence-corrected chi connectivity index (χ3v) is 2.72. The molecule has 0 bridgehead atoms. The summed E-state index contributed by atoms with van der Waals surface area (Å²) in [5.41, 5.74) is 0.0448. The van der Waals surface area contributed by atoms with Gasteiger partial charge in [-0.1, -0.05) is 12.1 Å². The van der Waals surface area contributed by atoms with Gasteiger partial charge in [0.2, 0.25) is 0 Å². The highest BCUT2D eigenvalue weighted by Gasteiger charge is 2.18. The van der Waals surface area contributed by atoms with Crippen LogP contribution in [0.1, 0.15) is 41.5 Å². The van der Waals surface area contributed by atoms with E-state index in [2.05, 4.69) is 0 Å². The fourth-order valence-electron chi connectivity index (χ4n) is 1.84. The number of aromatic carboxylic acids is 1. The average Bonchev–Trinajstić information content (AvgIpc) is 2.35. The first kappa shape index (κ1) is 14.1. The molecule has 2 aromatic carbocycles. The predicted octanol–water partition coefficient (Wildman–Crippen LogP) is 3.49. The van der Waals surface area contributed by atoms with Crippen molar-refractivity contribution in [2.45, 2.75) is 26.4 Å². The van der Waals surface area contributed by atoms with Gasteiger partial charge in [0.05, 0.1) is 11.1 Å². The minimum atomic E-state index is -0.991. The SMILES string of the molecule is CC(C)(C)OC(=O)c1ccc2ccc(C(=O)O)cc2c1. The number of carbonyl (C=O) groups excluding carboxylic acids is 1. The zero-order valence-electron chi connectivity index (χ0n) is 11.6. The Morgan fingerprint density at radius 3 is 2.05 bits per heavy atom. The molecule has 0 amide bonds. The minimum absolute atomic E-state index is 0.193. The van der Waals surface area contributed by atoms with Crippen molar-refractivity contribution in [1.82, 2.24) is 0 Å². The van der Waals surface area contributed by atoms with Gasteiger partial charge in [0.15, 0.2) is 0 Å². The van der Waals surface area contributed by atoms with Crippen LogP contribution >= 0.6 is 0 Å². The summed E-state index contributed by atoms with van der Waals surface area (Å²) >= 11 is 0. The van der Waals surface area contributed by atoms with Crippen molar-refractivity contribution in [1.29, 1.82) is 0 Å². The molecular weight excluding hydrogens is 256 g/mol. The quantitative estimate of drug-likeness (QED) is 0.850. The molecule has 0 aromatic heterocycles. The van der Waals surface area contributed by atoms with Crippen LogP contribution in [0.25, 0.3) is 10.8 Å². The smallest absolute Gasteiger partial charge is 0.338 e. The van der Waals surface area contributed by atoms with Gasteiger partial charge >= 0.3 is 11.9 Å². The van der Waals surface area contributed by atoms with Crippen LogP contribution in [0, 0.1) is 0 Å². The molecule has 0 radical (unpaired) electrons. The Labute approximate surface area is 117 Å². The van der Waals surface area contributed by atoms with Crippen molar-refractivity contribution in [2.75, 3.05) is 0 Å². The van der Waals surface area contributed by atoms with Gasteiger partial charge in [-0.25, -0.2) is 9.59 Å². The number of ether oxygens (including phenoxy) is 1. The van der Waals surface area contributed by atoms with E-state index in [1.54, 1.807) is 51.1 Å². The lowest BCUT2D eigenvalue weighted by Crippen LogP contribution is -2.23. The Balaban J connectivity index is 2.41. The summed E-state index contributed by atoms with van der Waals surface area (Å²) in [6.45, 7) is 5.40. The van der Waals surface area contributed by atoms with Crippen LogP contribution < -0.4 is 0 Å². The van der Waals surface area contributed by atoms with E-state index in [-0.39, 0.29) is 5.56 Å². The Bertz CT molecular complexity index is 680. The molecule has 0 spiro atoms. The lowest BCUT2D eigenvalue weighted by Gasteiger charge is -2.19. The number of carbonyl (C=O) groups is 2. The van der Waals surface area contributed by atoms with Crippen LogP contribution in [0.4, 0.5) is 0 Å². The van der Waals surface area contributed by atoms with E-state index in [0.29, 0.717) is 10.9 Å². The Morgan fingerprint density at radius 2 is 1.50 bits per heavy atom. The molecule has 4 heteroatoms. The lowest BCUT2D eigenvalue weighted by molar-refractivity contribution is 0.00695. The van der Waals surface area contributed by atoms with Crippen molar-refractivity contribution >= 4 is 22.7 Å². The maximum absolute atomic E-state index is 12.0. The topological polar surface area (TPSA) is 63.6 Å². The number of carboxylic acids is 1. The van der Waals surface area contributed by atoms with E-state index in [4.69, 9.17) is 9.84 Å². The Morgan fingerprint density at radius 1 is 0.950 bits per heavy atom. The first-order chi connectivity index (χ1) is 9.26. The molecule has 0 aliphatic rings. The molecule has 104 valence electrons. The van der Waals surface area contributed by atoms with Gasteiger partial charge in [-0.3, -0.25) is 0 Å². The number of carboxylic acid groups (broad SMARTS) is 1. The molecule has 0 aliphatic carbocycles. The van der Waals surface area contributed by atoms with E-state index in [0.717, 1.165) is 5.39 Å². The van der Waals surface area contributed by atoms with E-state index >= 15 is 0 Å². The van der Waals surface area contributed by atoms with Gasteiger partial charge in [-0.15, -0.1) is 0 Å². The zero-order valence-corrected chi connectivity index (χ0v) is 11.6. The van der Waals surface area contributed by atoms with Crippen LogP contribution in [0.15, 0.2) is 36.4 Å². The molecule has 0 saturated carbocycles. The monoisotopic (exact) mass is 272 g/mol. The number of fused-ring (bicyclic) bond motifs is 1. The van der Waals surface area contributed by atoms with Crippen molar-refractivity contribution in [2.24, 2.45) is 0 Å². The zero-order chi connectivity index (χ0) is 14.9. The number of hydrogen-bond acceptors (Lipinski definition) is 3. The van der Waals surface area contributed by atoms with Gasteiger partial charge in [-0.05, 0) is 55.8 Å². The maximum atomic E-state index is 12.0. The highest BCUT2D eigenvalue weighted by atomic mass is 16.6. The van der Waals surface area contributed by atoms with Crippen molar-refractivity contribution in [3.8, 4) is 0 Å². The summed E-state index contributed by atoms with van der Waals surface area (Å²) in [6.07, 6.45) is 0. The molecule has 0 atom stereocenters. The third kappa shape index (κ3) is 3.15. The van der Waals surface area contributed by atoms with Crippen molar-refractivity contribution < 1.29 is 19.4 Å². The second-order valence-corrected chi connectivity index (χ2v) is 5.58. The number of rotatable bonds is 2. The third-order valence-electron chi connectivity index (χ3n) is 2.72. The summed E-state index contributed by atoms with van der Waals surface area (Å²) in [5, 5.41) is 10.6. The Kier molecular flexibility index (Phi) is 3.49. The number of hydrogen-bond donors (Lipinski definition) is 1. The fraction of sp³-hybridized carbons (Fsp3) is 0.250. The molecule has 20 heavy (non-hydrogen) atoms. The molecule has 0 aliphatic heterocycles. The lowest BCUT2D eigenvalue weighted by atomic mass is 10.0. The molecular formula is C16H16O4. The van der Waals surface area contributed by atoms with Crippen molar-refractivity contribution in [3.05, 3.63) is 47.5 Å². The first-order valence-corrected chi connectivity index (χ1v) is 6.27. The largest absolute Gasteiger partial charge is 0.478 e.